The first-order valence-electron chi connectivity index (χ1n) is 7.11. The van der Waals surface area contributed by atoms with Crippen molar-refractivity contribution in [2.24, 2.45) is 5.73 Å². The lowest BCUT2D eigenvalue weighted by Crippen LogP contribution is -2.13. The van der Waals surface area contributed by atoms with Crippen LogP contribution in [0.15, 0.2) is 24.3 Å². The summed E-state index contributed by atoms with van der Waals surface area (Å²) < 4.78 is 7.69. The lowest BCUT2D eigenvalue weighted by atomic mass is 10.1. The molecular formula is C15H22N4O. The molecule has 0 aliphatic rings. The van der Waals surface area contributed by atoms with Crippen LogP contribution in [0, 0.1) is 0 Å². The van der Waals surface area contributed by atoms with Crippen molar-refractivity contribution >= 4 is 0 Å². The zero-order valence-electron chi connectivity index (χ0n) is 12.3. The highest BCUT2D eigenvalue weighted by Crippen LogP contribution is 2.22. The molecule has 2 aromatic rings. The zero-order chi connectivity index (χ0) is 14.5. The van der Waals surface area contributed by atoms with Gasteiger partial charge in [0.15, 0.2) is 5.82 Å². The quantitative estimate of drug-likeness (QED) is 0.879. The molecule has 5 heteroatoms. The summed E-state index contributed by atoms with van der Waals surface area (Å²) in [6.45, 7) is 6.81. The van der Waals surface area contributed by atoms with E-state index < -0.39 is 0 Å². The van der Waals surface area contributed by atoms with Crippen LogP contribution in [-0.4, -0.2) is 14.8 Å². The predicted octanol–water partition coefficient (Wildman–Crippen LogP) is 3.06. The van der Waals surface area contributed by atoms with Crippen LogP contribution in [0.1, 0.15) is 44.6 Å². The molecular weight excluding hydrogens is 252 g/mol. The molecule has 0 aliphatic carbocycles. The fourth-order valence-corrected chi connectivity index (χ4v) is 2.13. The van der Waals surface area contributed by atoms with Crippen LogP contribution in [0.5, 0.6) is 11.8 Å². The average Bonchev–Trinajstić information content (AvgIpc) is 2.84. The van der Waals surface area contributed by atoms with Gasteiger partial charge in [-0.15, -0.1) is 5.10 Å². The SMILES string of the molecule is CCCc1ccc(Oc2nnc([C@@H](C)N)n2CC)cc1. The molecule has 1 heterocycles. The second-order valence-electron chi connectivity index (χ2n) is 4.87. The van der Waals surface area contributed by atoms with Crippen molar-refractivity contribution in [2.75, 3.05) is 0 Å². The fraction of sp³-hybridized carbons (Fsp3) is 0.467. The van der Waals surface area contributed by atoms with E-state index in [0.717, 1.165) is 31.0 Å². The Bertz CT molecular complexity index is 546. The van der Waals surface area contributed by atoms with Gasteiger partial charge in [0.05, 0.1) is 6.04 Å². The van der Waals surface area contributed by atoms with Gasteiger partial charge in [0.1, 0.15) is 5.75 Å². The van der Waals surface area contributed by atoms with E-state index >= 15 is 0 Å². The summed E-state index contributed by atoms with van der Waals surface area (Å²) in [6.07, 6.45) is 2.22. The molecule has 0 saturated heterocycles. The van der Waals surface area contributed by atoms with Crippen LogP contribution in [-0.2, 0) is 13.0 Å². The number of aryl methyl sites for hydroxylation is 1. The van der Waals surface area contributed by atoms with E-state index in [4.69, 9.17) is 10.5 Å². The molecule has 0 spiro atoms. The van der Waals surface area contributed by atoms with Crippen molar-refractivity contribution in [3.63, 3.8) is 0 Å². The van der Waals surface area contributed by atoms with Crippen LogP contribution in [0.3, 0.4) is 0 Å². The highest BCUT2D eigenvalue weighted by atomic mass is 16.5. The largest absolute Gasteiger partial charge is 0.424 e. The standard InChI is InChI=1S/C15H22N4O/c1-4-6-12-7-9-13(10-8-12)20-15-18-17-14(11(3)16)19(15)5-2/h7-11H,4-6,16H2,1-3H3/t11-/m1/s1. The molecule has 0 amide bonds. The van der Waals surface area contributed by atoms with Gasteiger partial charge in [-0.3, -0.25) is 4.57 Å². The zero-order valence-corrected chi connectivity index (χ0v) is 12.3. The summed E-state index contributed by atoms with van der Waals surface area (Å²) in [7, 11) is 0. The van der Waals surface area contributed by atoms with Gasteiger partial charge in [-0.25, -0.2) is 0 Å². The van der Waals surface area contributed by atoms with Gasteiger partial charge < -0.3 is 10.5 Å². The first kappa shape index (κ1) is 14.5. The summed E-state index contributed by atoms with van der Waals surface area (Å²) >= 11 is 0. The van der Waals surface area contributed by atoms with Crippen LogP contribution >= 0.6 is 0 Å². The monoisotopic (exact) mass is 274 g/mol. The molecule has 1 aromatic carbocycles. The van der Waals surface area contributed by atoms with Crippen LogP contribution < -0.4 is 10.5 Å². The molecule has 20 heavy (non-hydrogen) atoms. The summed E-state index contributed by atoms with van der Waals surface area (Å²) in [5.74, 6) is 1.51. The number of hydrogen-bond donors (Lipinski definition) is 1. The van der Waals surface area contributed by atoms with Crippen LogP contribution in [0.2, 0.25) is 0 Å². The maximum absolute atomic E-state index is 5.87. The molecule has 0 fully saturated rings. The highest BCUT2D eigenvalue weighted by molar-refractivity contribution is 5.29. The Morgan fingerprint density at radius 2 is 1.90 bits per heavy atom. The number of aromatic nitrogens is 3. The Hall–Kier alpha value is -1.88. The molecule has 0 unspecified atom stereocenters. The number of ether oxygens (including phenoxy) is 1. The molecule has 0 bridgehead atoms. The summed E-state index contributed by atoms with van der Waals surface area (Å²) in [6, 6.07) is 8.42. The third-order valence-corrected chi connectivity index (χ3v) is 3.14. The number of benzene rings is 1. The van der Waals surface area contributed by atoms with E-state index in [-0.39, 0.29) is 6.04 Å². The number of nitrogens with zero attached hydrogens (tertiary/aromatic N) is 3. The van der Waals surface area contributed by atoms with Gasteiger partial charge >= 0.3 is 6.01 Å². The van der Waals surface area contributed by atoms with Crippen molar-refractivity contribution in [1.82, 2.24) is 14.8 Å². The predicted molar refractivity (Wildman–Crippen MR) is 78.8 cm³/mol. The minimum atomic E-state index is -0.160. The molecule has 2 N–H and O–H groups in total. The lowest BCUT2D eigenvalue weighted by molar-refractivity contribution is 0.409. The highest BCUT2D eigenvalue weighted by Gasteiger charge is 2.15. The van der Waals surface area contributed by atoms with E-state index in [2.05, 4.69) is 29.3 Å². The Kier molecular flexibility index (Phi) is 4.74. The molecule has 2 rings (SSSR count). The molecule has 0 aliphatic heterocycles. The van der Waals surface area contributed by atoms with E-state index in [1.165, 1.54) is 5.56 Å². The van der Waals surface area contributed by atoms with Gasteiger partial charge in [0, 0.05) is 6.54 Å². The van der Waals surface area contributed by atoms with E-state index in [9.17, 15) is 0 Å². The third kappa shape index (κ3) is 3.17. The second kappa shape index (κ2) is 6.52. The van der Waals surface area contributed by atoms with Gasteiger partial charge in [-0.05, 0) is 38.0 Å². The number of nitrogens with two attached hydrogens (primary N) is 1. The molecule has 0 saturated carbocycles. The maximum Gasteiger partial charge on any atom is 0.322 e. The number of hydrogen-bond acceptors (Lipinski definition) is 4. The van der Waals surface area contributed by atoms with Crippen LogP contribution in [0.25, 0.3) is 0 Å². The Morgan fingerprint density at radius 3 is 2.45 bits per heavy atom. The van der Waals surface area contributed by atoms with Crippen molar-refractivity contribution in [1.29, 1.82) is 0 Å². The van der Waals surface area contributed by atoms with Crippen molar-refractivity contribution < 1.29 is 4.74 Å². The summed E-state index contributed by atoms with van der Waals surface area (Å²) in [5, 5.41) is 8.17. The van der Waals surface area contributed by atoms with Gasteiger partial charge in [0.25, 0.3) is 0 Å². The van der Waals surface area contributed by atoms with Crippen molar-refractivity contribution in [3.05, 3.63) is 35.7 Å². The van der Waals surface area contributed by atoms with Gasteiger partial charge in [0.2, 0.25) is 0 Å². The molecule has 0 radical (unpaired) electrons. The Morgan fingerprint density at radius 1 is 1.20 bits per heavy atom. The van der Waals surface area contributed by atoms with E-state index in [0.29, 0.717) is 6.01 Å². The van der Waals surface area contributed by atoms with Crippen molar-refractivity contribution in [3.8, 4) is 11.8 Å². The lowest BCUT2D eigenvalue weighted by Gasteiger charge is -2.10. The van der Waals surface area contributed by atoms with Crippen LogP contribution in [0.4, 0.5) is 0 Å². The number of rotatable bonds is 6. The Balaban J connectivity index is 2.17. The fourth-order valence-electron chi connectivity index (χ4n) is 2.13. The molecule has 1 atom stereocenters. The summed E-state index contributed by atoms with van der Waals surface area (Å²) in [5.41, 5.74) is 7.18. The second-order valence-corrected chi connectivity index (χ2v) is 4.87. The smallest absolute Gasteiger partial charge is 0.322 e. The first-order valence-corrected chi connectivity index (χ1v) is 7.11. The molecule has 1 aromatic heterocycles. The first-order chi connectivity index (χ1) is 9.65. The van der Waals surface area contributed by atoms with Gasteiger partial charge in [-0.2, -0.15) is 0 Å². The van der Waals surface area contributed by atoms with E-state index in [1.807, 2.05) is 30.5 Å². The average molecular weight is 274 g/mol. The van der Waals surface area contributed by atoms with Crippen molar-refractivity contribution in [2.45, 2.75) is 46.2 Å². The van der Waals surface area contributed by atoms with Gasteiger partial charge in [-0.1, -0.05) is 30.6 Å². The molecule has 5 nitrogen and oxygen atoms in total. The summed E-state index contributed by atoms with van der Waals surface area (Å²) in [4.78, 5) is 0. The van der Waals surface area contributed by atoms with E-state index in [1.54, 1.807) is 0 Å². The third-order valence-electron chi connectivity index (χ3n) is 3.14. The maximum atomic E-state index is 5.87. The minimum absolute atomic E-state index is 0.160. The topological polar surface area (TPSA) is 66.0 Å². The minimum Gasteiger partial charge on any atom is -0.424 e. The Labute approximate surface area is 119 Å². The normalized spacial score (nSPS) is 12.4. The molecule has 108 valence electrons.